The van der Waals surface area contributed by atoms with Crippen molar-refractivity contribution >= 4 is 17.4 Å². The first-order valence-electron chi connectivity index (χ1n) is 5.09. The number of anilines is 1. The highest BCUT2D eigenvalue weighted by molar-refractivity contribution is 6.05. The number of primary amides is 1. The number of amides is 1. The van der Waals surface area contributed by atoms with Gasteiger partial charge in [0.2, 0.25) is 5.91 Å². The number of aliphatic imine (C=N–C) groups is 1. The van der Waals surface area contributed by atoms with Crippen LogP contribution in [0.15, 0.2) is 17.3 Å². The number of nitrogens with two attached hydrogens (primary N) is 1. The molecule has 0 bridgehead atoms. The SMILES string of the molecule is NC(=O)c1cnc2c(c1)NCN1CCN=C21. The lowest BCUT2D eigenvalue weighted by Crippen LogP contribution is -2.38. The summed E-state index contributed by atoms with van der Waals surface area (Å²) in [6.45, 7) is 2.42. The van der Waals surface area contributed by atoms with Crippen LogP contribution in [-0.4, -0.2) is 41.4 Å². The van der Waals surface area contributed by atoms with Gasteiger partial charge < -0.3 is 16.0 Å². The Morgan fingerprint density at radius 3 is 3.25 bits per heavy atom. The number of hydrogen-bond donors (Lipinski definition) is 2. The molecule has 1 amide bonds. The largest absolute Gasteiger partial charge is 0.366 e. The van der Waals surface area contributed by atoms with Crippen LogP contribution in [0.5, 0.6) is 0 Å². The Balaban J connectivity index is 2.08. The molecule has 2 aliphatic heterocycles. The van der Waals surface area contributed by atoms with E-state index < -0.39 is 5.91 Å². The van der Waals surface area contributed by atoms with Crippen molar-refractivity contribution in [2.75, 3.05) is 25.1 Å². The molecule has 6 nitrogen and oxygen atoms in total. The fourth-order valence-corrected chi connectivity index (χ4v) is 1.95. The molecule has 3 N–H and O–H groups in total. The summed E-state index contributed by atoms with van der Waals surface area (Å²) in [6, 6.07) is 1.73. The molecule has 0 aliphatic carbocycles. The summed E-state index contributed by atoms with van der Waals surface area (Å²) in [5.41, 5.74) is 7.25. The topological polar surface area (TPSA) is 83.6 Å². The van der Waals surface area contributed by atoms with E-state index in [-0.39, 0.29) is 0 Å². The number of nitrogens with one attached hydrogen (secondary N) is 1. The zero-order valence-corrected chi connectivity index (χ0v) is 8.60. The van der Waals surface area contributed by atoms with Gasteiger partial charge in [-0.1, -0.05) is 0 Å². The van der Waals surface area contributed by atoms with Gasteiger partial charge in [-0.15, -0.1) is 0 Å². The van der Waals surface area contributed by atoms with Crippen LogP contribution in [0.1, 0.15) is 16.1 Å². The zero-order chi connectivity index (χ0) is 11.1. The number of amidine groups is 1. The molecule has 0 unspecified atom stereocenters. The molecule has 82 valence electrons. The molecule has 2 aliphatic rings. The first-order valence-corrected chi connectivity index (χ1v) is 5.09. The fourth-order valence-electron chi connectivity index (χ4n) is 1.95. The van der Waals surface area contributed by atoms with E-state index in [1.54, 1.807) is 6.07 Å². The second kappa shape index (κ2) is 3.19. The van der Waals surface area contributed by atoms with Crippen molar-refractivity contribution in [3.05, 3.63) is 23.5 Å². The maximum atomic E-state index is 11.0. The van der Waals surface area contributed by atoms with Gasteiger partial charge >= 0.3 is 0 Å². The van der Waals surface area contributed by atoms with E-state index in [4.69, 9.17) is 5.73 Å². The third-order valence-electron chi connectivity index (χ3n) is 2.78. The molecule has 1 aromatic heterocycles. The average molecular weight is 217 g/mol. The molecule has 0 saturated heterocycles. The van der Waals surface area contributed by atoms with Gasteiger partial charge in [0.15, 0.2) is 5.84 Å². The second-order valence-corrected chi connectivity index (χ2v) is 3.79. The second-order valence-electron chi connectivity index (χ2n) is 3.79. The number of pyridine rings is 1. The number of carbonyl (C=O) groups is 1. The standard InChI is InChI=1S/C10H11N5O/c11-9(16)6-3-7-8(13-4-6)10-12-1-2-15(10)5-14-7/h3-4,14H,1-2,5H2,(H2,11,16). The van der Waals surface area contributed by atoms with Crippen LogP contribution in [0.25, 0.3) is 0 Å². The number of fused-ring (bicyclic) bond motifs is 3. The summed E-state index contributed by atoms with van der Waals surface area (Å²) in [5, 5.41) is 3.20. The number of aromatic nitrogens is 1. The minimum Gasteiger partial charge on any atom is -0.366 e. The lowest BCUT2D eigenvalue weighted by molar-refractivity contribution is 0.1000. The van der Waals surface area contributed by atoms with Gasteiger partial charge in [0.25, 0.3) is 0 Å². The highest BCUT2D eigenvalue weighted by Crippen LogP contribution is 2.23. The normalized spacial score (nSPS) is 17.2. The summed E-state index contributed by atoms with van der Waals surface area (Å²) in [6.07, 6.45) is 1.49. The summed E-state index contributed by atoms with van der Waals surface area (Å²) < 4.78 is 0. The molecule has 1 aromatic rings. The quantitative estimate of drug-likeness (QED) is 0.672. The Morgan fingerprint density at radius 1 is 1.56 bits per heavy atom. The molecular formula is C10H11N5O. The highest BCUT2D eigenvalue weighted by atomic mass is 16.1. The van der Waals surface area contributed by atoms with Crippen LogP contribution >= 0.6 is 0 Å². The van der Waals surface area contributed by atoms with E-state index in [1.807, 2.05) is 0 Å². The van der Waals surface area contributed by atoms with Crippen molar-refractivity contribution in [3.63, 3.8) is 0 Å². The predicted molar refractivity (Wildman–Crippen MR) is 59.4 cm³/mol. The Kier molecular flexibility index (Phi) is 1.82. The van der Waals surface area contributed by atoms with Crippen molar-refractivity contribution in [2.45, 2.75) is 0 Å². The Hall–Kier alpha value is -2.11. The van der Waals surface area contributed by atoms with Gasteiger partial charge in [0, 0.05) is 12.7 Å². The summed E-state index contributed by atoms with van der Waals surface area (Å²) in [4.78, 5) is 21.8. The van der Waals surface area contributed by atoms with Crippen molar-refractivity contribution < 1.29 is 4.79 Å². The molecule has 0 radical (unpaired) electrons. The first-order chi connectivity index (χ1) is 7.75. The van der Waals surface area contributed by atoms with E-state index in [0.717, 1.165) is 30.3 Å². The molecule has 3 rings (SSSR count). The molecule has 0 saturated carbocycles. The van der Waals surface area contributed by atoms with E-state index >= 15 is 0 Å². The monoisotopic (exact) mass is 217 g/mol. The number of hydrogen-bond acceptors (Lipinski definition) is 5. The van der Waals surface area contributed by atoms with Gasteiger partial charge in [0.05, 0.1) is 24.5 Å². The van der Waals surface area contributed by atoms with Crippen molar-refractivity contribution in [2.24, 2.45) is 10.7 Å². The fraction of sp³-hybridized carbons (Fsp3) is 0.300. The third kappa shape index (κ3) is 1.23. The van der Waals surface area contributed by atoms with E-state index in [1.165, 1.54) is 6.20 Å². The molecule has 0 spiro atoms. The van der Waals surface area contributed by atoms with E-state index in [0.29, 0.717) is 12.2 Å². The van der Waals surface area contributed by atoms with E-state index in [2.05, 4.69) is 20.2 Å². The van der Waals surface area contributed by atoms with Crippen molar-refractivity contribution in [1.82, 2.24) is 9.88 Å². The molecule has 3 heterocycles. The van der Waals surface area contributed by atoms with Crippen molar-refractivity contribution in [1.29, 1.82) is 0 Å². The third-order valence-corrected chi connectivity index (χ3v) is 2.78. The van der Waals surface area contributed by atoms with Gasteiger partial charge in [-0.3, -0.25) is 9.79 Å². The minimum absolute atomic E-state index is 0.415. The van der Waals surface area contributed by atoms with Gasteiger partial charge in [0.1, 0.15) is 5.69 Å². The molecule has 0 aromatic carbocycles. The highest BCUT2D eigenvalue weighted by Gasteiger charge is 2.26. The van der Waals surface area contributed by atoms with Crippen LogP contribution in [-0.2, 0) is 0 Å². The number of nitrogens with zero attached hydrogens (tertiary/aromatic N) is 3. The maximum Gasteiger partial charge on any atom is 0.250 e. The Labute approximate surface area is 92.2 Å². The van der Waals surface area contributed by atoms with Crippen LogP contribution in [0, 0.1) is 0 Å². The van der Waals surface area contributed by atoms with Crippen LogP contribution < -0.4 is 11.1 Å². The van der Waals surface area contributed by atoms with Crippen molar-refractivity contribution in [3.8, 4) is 0 Å². The Morgan fingerprint density at radius 2 is 2.44 bits per heavy atom. The average Bonchev–Trinajstić information content (AvgIpc) is 2.76. The molecule has 0 fully saturated rings. The first kappa shape index (κ1) is 9.14. The lowest BCUT2D eigenvalue weighted by Gasteiger charge is -2.27. The number of rotatable bonds is 1. The zero-order valence-electron chi connectivity index (χ0n) is 8.60. The molecular weight excluding hydrogens is 206 g/mol. The summed E-state index contributed by atoms with van der Waals surface area (Å²) in [7, 11) is 0. The van der Waals surface area contributed by atoms with Crippen LogP contribution in [0.3, 0.4) is 0 Å². The van der Waals surface area contributed by atoms with Gasteiger partial charge in [-0.05, 0) is 6.07 Å². The maximum absolute atomic E-state index is 11.0. The minimum atomic E-state index is -0.465. The van der Waals surface area contributed by atoms with Gasteiger partial charge in [-0.2, -0.15) is 0 Å². The predicted octanol–water partition coefficient (Wildman–Crippen LogP) is -0.374. The van der Waals surface area contributed by atoms with Gasteiger partial charge in [-0.25, -0.2) is 4.98 Å². The molecule has 6 heteroatoms. The Bertz CT molecular complexity index is 496. The number of carbonyl (C=O) groups excluding carboxylic acids is 1. The molecule has 0 atom stereocenters. The summed E-state index contributed by atoms with van der Waals surface area (Å²) >= 11 is 0. The van der Waals surface area contributed by atoms with Crippen LogP contribution in [0.2, 0.25) is 0 Å². The molecule has 16 heavy (non-hydrogen) atoms. The lowest BCUT2D eigenvalue weighted by atomic mass is 10.1. The van der Waals surface area contributed by atoms with E-state index in [9.17, 15) is 4.79 Å². The van der Waals surface area contributed by atoms with Crippen LogP contribution in [0.4, 0.5) is 5.69 Å². The summed E-state index contributed by atoms with van der Waals surface area (Å²) in [5.74, 6) is 0.442. The smallest absolute Gasteiger partial charge is 0.250 e.